The quantitative estimate of drug-likeness (QED) is 0.797. The van der Waals surface area contributed by atoms with Gasteiger partial charge in [-0.2, -0.15) is 0 Å². The molecule has 1 N–H and O–H groups in total. The van der Waals surface area contributed by atoms with E-state index in [9.17, 15) is 4.79 Å². The van der Waals surface area contributed by atoms with Gasteiger partial charge in [0.05, 0.1) is 12.5 Å². The molecule has 21 heavy (non-hydrogen) atoms. The molecule has 1 unspecified atom stereocenters. The molecule has 6 nitrogen and oxygen atoms in total. The Kier molecular flexibility index (Phi) is 6.14. The van der Waals surface area contributed by atoms with Crippen LogP contribution in [0.4, 0.5) is 0 Å². The van der Waals surface area contributed by atoms with Crippen LogP contribution in [0.2, 0.25) is 0 Å². The topological polar surface area (TPSA) is 80.9 Å². The monoisotopic (exact) mass is 294 g/mol. The smallest absolute Gasteiger partial charge is 0.305 e. The summed E-state index contributed by atoms with van der Waals surface area (Å²) in [4.78, 5) is 11.0. The van der Waals surface area contributed by atoms with Gasteiger partial charge in [-0.15, -0.1) is 5.10 Å². The van der Waals surface area contributed by atoms with Gasteiger partial charge < -0.3 is 5.11 Å². The third kappa shape index (κ3) is 4.79. The van der Waals surface area contributed by atoms with E-state index in [0.717, 1.165) is 37.4 Å². The van der Waals surface area contributed by atoms with Crippen LogP contribution in [-0.4, -0.2) is 31.3 Å². The number of carboxylic acids is 1. The number of carbonyl (C=O) groups is 1. The summed E-state index contributed by atoms with van der Waals surface area (Å²) in [6.07, 6.45) is 10.5. The van der Waals surface area contributed by atoms with Crippen molar-refractivity contribution in [1.29, 1.82) is 0 Å². The molecule has 0 radical (unpaired) electrons. The summed E-state index contributed by atoms with van der Waals surface area (Å²) in [5.41, 5.74) is 0. The van der Waals surface area contributed by atoms with Crippen LogP contribution in [0.3, 0.4) is 0 Å². The molecule has 1 aromatic rings. The summed E-state index contributed by atoms with van der Waals surface area (Å²) in [5, 5.41) is 21.0. The van der Waals surface area contributed by atoms with Gasteiger partial charge in [0.25, 0.3) is 0 Å². The Labute approximate surface area is 125 Å². The van der Waals surface area contributed by atoms with Crippen molar-refractivity contribution in [3.63, 3.8) is 0 Å². The van der Waals surface area contributed by atoms with Gasteiger partial charge in [-0.05, 0) is 29.2 Å². The van der Waals surface area contributed by atoms with Crippen molar-refractivity contribution >= 4 is 5.97 Å². The van der Waals surface area contributed by atoms with E-state index in [-0.39, 0.29) is 12.5 Å². The summed E-state index contributed by atoms with van der Waals surface area (Å²) in [6.45, 7) is 2.06. The second-order valence-electron chi connectivity index (χ2n) is 6.12. The molecule has 1 aromatic heterocycles. The van der Waals surface area contributed by atoms with Crippen molar-refractivity contribution in [2.24, 2.45) is 5.92 Å². The molecule has 0 amide bonds. The van der Waals surface area contributed by atoms with E-state index in [0.29, 0.717) is 0 Å². The molecule has 118 valence electrons. The highest BCUT2D eigenvalue weighted by Gasteiger charge is 2.21. The number of carboxylic acid groups (broad SMARTS) is 1. The zero-order valence-electron chi connectivity index (χ0n) is 12.9. The van der Waals surface area contributed by atoms with E-state index in [2.05, 4.69) is 22.4 Å². The normalized spacial score (nSPS) is 17.8. The van der Waals surface area contributed by atoms with Gasteiger partial charge in [0.15, 0.2) is 5.82 Å². The molecule has 1 aliphatic carbocycles. The van der Waals surface area contributed by atoms with Crippen molar-refractivity contribution < 1.29 is 9.90 Å². The highest BCUT2D eigenvalue weighted by Crippen LogP contribution is 2.27. The molecule has 1 saturated carbocycles. The van der Waals surface area contributed by atoms with E-state index in [4.69, 9.17) is 5.11 Å². The third-order valence-electron chi connectivity index (χ3n) is 4.44. The lowest BCUT2D eigenvalue weighted by molar-refractivity contribution is -0.138. The van der Waals surface area contributed by atoms with Crippen LogP contribution in [0.15, 0.2) is 0 Å². The van der Waals surface area contributed by atoms with Crippen molar-refractivity contribution in [3.8, 4) is 0 Å². The van der Waals surface area contributed by atoms with Crippen molar-refractivity contribution in [1.82, 2.24) is 20.2 Å². The number of hydrogen-bond donors (Lipinski definition) is 1. The van der Waals surface area contributed by atoms with E-state index in [1.165, 1.54) is 32.1 Å². The molecular formula is C15H26N4O2. The lowest BCUT2D eigenvalue weighted by Gasteiger charge is -2.21. The number of aliphatic carboxylic acids is 1. The lowest BCUT2D eigenvalue weighted by atomic mass is 9.86. The molecule has 0 aliphatic heterocycles. The SMILES string of the molecule is CCCC(CC(=O)O)n1nnnc1CCC1CCCCC1. The van der Waals surface area contributed by atoms with E-state index in [1.807, 2.05) is 0 Å². The van der Waals surface area contributed by atoms with Crippen molar-refractivity contribution in [2.45, 2.75) is 77.2 Å². The predicted molar refractivity (Wildman–Crippen MR) is 78.9 cm³/mol. The summed E-state index contributed by atoms with van der Waals surface area (Å²) in [5.74, 6) is 0.843. The third-order valence-corrected chi connectivity index (χ3v) is 4.44. The van der Waals surface area contributed by atoms with E-state index < -0.39 is 5.97 Å². The number of rotatable bonds is 8. The molecule has 1 heterocycles. The second-order valence-corrected chi connectivity index (χ2v) is 6.12. The standard InChI is InChI=1S/C15H26N4O2/c1-2-6-13(11-15(20)21)19-14(16-17-18-19)10-9-12-7-4-3-5-8-12/h12-13H,2-11H2,1H3,(H,20,21). The molecule has 0 spiro atoms. The number of aryl methyl sites for hydroxylation is 1. The van der Waals surface area contributed by atoms with Gasteiger partial charge in [-0.3, -0.25) is 4.79 Å². The fourth-order valence-corrected chi connectivity index (χ4v) is 3.32. The average Bonchev–Trinajstić information content (AvgIpc) is 2.94. The zero-order valence-corrected chi connectivity index (χ0v) is 12.9. The molecular weight excluding hydrogens is 268 g/mol. The largest absolute Gasteiger partial charge is 0.481 e. The number of aromatic nitrogens is 4. The fourth-order valence-electron chi connectivity index (χ4n) is 3.32. The Morgan fingerprint density at radius 2 is 2.14 bits per heavy atom. The molecule has 1 atom stereocenters. The lowest BCUT2D eigenvalue weighted by Crippen LogP contribution is -2.18. The van der Waals surface area contributed by atoms with Crippen LogP contribution in [0, 0.1) is 5.92 Å². The maximum Gasteiger partial charge on any atom is 0.305 e. The van der Waals surface area contributed by atoms with Gasteiger partial charge in [-0.1, -0.05) is 45.4 Å². The Morgan fingerprint density at radius 1 is 1.38 bits per heavy atom. The van der Waals surface area contributed by atoms with Gasteiger partial charge in [0, 0.05) is 6.42 Å². The fraction of sp³-hybridized carbons (Fsp3) is 0.867. The first-order valence-electron chi connectivity index (χ1n) is 8.19. The highest BCUT2D eigenvalue weighted by atomic mass is 16.4. The molecule has 0 saturated heterocycles. The summed E-state index contributed by atoms with van der Waals surface area (Å²) in [7, 11) is 0. The van der Waals surface area contributed by atoms with Crippen molar-refractivity contribution in [3.05, 3.63) is 5.82 Å². The molecule has 1 aliphatic rings. The van der Waals surface area contributed by atoms with E-state index >= 15 is 0 Å². The van der Waals surface area contributed by atoms with Crippen molar-refractivity contribution in [2.75, 3.05) is 0 Å². The maximum atomic E-state index is 11.0. The summed E-state index contributed by atoms with van der Waals surface area (Å²) < 4.78 is 1.75. The number of nitrogens with zero attached hydrogens (tertiary/aromatic N) is 4. The first-order valence-corrected chi connectivity index (χ1v) is 8.19. The van der Waals surface area contributed by atoms with Crippen LogP contribution in [0.25, 0.3) is 0 Å². The highest BCUT2D eigenvalue weighted by molar-refractivity contribution is 5.67. The Bertz CT molecular complexity index is 441. The maximum absolute atomic E-state index is 11.0. The van der Waals surface area contributed by atoms with Gasteiger partial charge in [0.1, 0.15) is 0 Å². The molecule has 2 rings (SSSR count). The second kappa shape index (κ2) is 8.10. The van der Waals surface area contributed by atoms with Crippen LogP contribution >= 0.6 is 0 Å². The minimum absolute atomic E-state index is 0.0926. The minimum atomic E-state index is -0.790. The predicted octanol–water partition coefficient (Wildman–Crippen LogP) is 3.00. The number of tetrazole rings is 1. The van der Waals surface area contributed by atoms with Crippen LogP contribution < -0.4 is 0 Å². The number of hydrogen-bond acceptors (Lipinski definition) is 4. The Hall–Kier alpha value is -1.46. The van der Waals surface area contributed by atoms with Gasteiger partial charge in [-0.25, -0.2) is 4.68 Å². The van der Waals surface area contributed by atoms with Crippen LogP contribution in [0.1, 0.15) is 76.6 Å². The average molecular weight is 294 g/mol. The Balaban J connectivity index is 1.96. The Morgan fingerprint density at radius 3 is 2.81 bits per heavy atom. The van der Waals surface area contributed by atoms with Crippen LogP contribution in [-0.2, 0) is 11.2 Å². The molecule has 1 fully saturated rings. The first kappa shape index (κ1) is 15.9. The van der Waals surface area contributed by atoms with E-state index in [1.54, 1.807) is 4.68 Å². The van der Waals surface area contributed by atoms with Gasteiger partial charge >= 0.3 is 5.97 Å². The van der Waals surface area contributed by atoms with Gasteiger partial charge in [0.2, 0.25) is 0 Å². The summed E-state index contributed by atoms with van der Waals surface area (Å²) in [6, 6.07) is -0.121. The first-order chi connectivity index (χ1) is 10.2. The minimum Gasteiger partial charge on any atom is -0.481 e. The molecule has 0 bridgehead atoms. The molecule has 6 heteroatoms. The summed E-state index contributed by atoms with van der Waals surface area (Å²) >= 11 is 0. The zero-order chi connectivity index (χ0) is 15.1. The molecule has 0 aromatic carbocycles. The van der Waals surface area contributed by atoms with Crippen LogP contribution in [0.5, 0.6) is 0 Å².